The molecule has 1 aromatic carbocycles. The fraction of sp³-hybridized carbons (Fsp3) is 0.562. The maximum atomic E-state index is 13.9. The first-order valence-corrected chi connectivity index (χ1v) is 7.64. The molecule has 1 aliphatic rings. The number of rotatable bonds is 6. The molecule has 2 rings (SSSR count). The van der Waals surface area contributed by atoms with Gasteiger partial charge in [0.2, 0.25) is 5.91 Å². The van der Waals surface area contributed by atoms with Gasteiger partial charge in [0, 0.05) is 23.7 Å². The fourth-order valence-corrected chi connectivity index (χ4v) is 2.78. The van der Waals surface area contributed by atoms with Gasteiger partial charge in [-0.1, -0.05) is 13.0 Å². The zero-order valence-electron chi connectivity index (χ0n) is 12.6. The standard InChI is InChI=1S/C16H24FN3O/c1-2-7-20-8-5-14(6-9-20)19-11-13-4-3-12(16(18)21)10-15(13)17/h3-4,10,14,19H,2,5-9,11H2,1H3,(H2,18,21). The van der Waals surface area contributed by atoms with Crippen LogP contribution in [0.5, 0.6) is 0 Å². The summed E-state index contributed by atoms with van der Waals surface area (Å²) in [5.74, 6) is -0.973. The topological polar surface area (TPSA) is 58.4 Å². The number of benzene rings is 1. The maximum Gasteiger partial charge on any atom is 0.248 e. The molecule has 1 amide bonds. The number of carbonyl (C=O) groups is 1. The van der Waals surface area contributed by atoms with Crippen molar-refractivity contribution >= 4 is 5.91 Å². The Morgan fingerprint density at radius 2 is 2.14 bits per heavy atom. The molecule has 0 aliphatic carbocycles. The number of piperidine rings is 1. The largest absolute Gasteiger partial charge is 0.366 e. The van der Waals surface area contributed by atoms with Crippen molar-refractivity contribution in [2.45, 2.75) is 38.8 Å². The SMILES string of the molecule is CCCN1CCC(NCc2ccc(C(N)=O)cc2F)CC1. The monoisotopic (exact) mass is 293 g/mol. The molecule has 0 bridgehead atoms. The molecule has 116 valence electrons. The third-order valence-corrected chi connectivity index (χ3v) is 4.05. The van der Waals surface area contributed by atoms with Gasteiger partial charge in [-0.05, 0) is 51.0 Å². The molecule has 0 radical (unpaired) electrons. The highest BCUT2D eigenvalue weighted by Gasteiger charge is 2.18. The van der Waals surface area contributed by atoms with E-state index in [1.807, 2.05) is 0 Å². The van der Waals surface area contributed by atoms with Crippen LogP contribution in [-0.4, -0.2) is 36.5 Å². The van der Waals surface area contributed by atoms with Crippen LogP contribution in [0.3, 0.4) is 0 Å². The summed E-state index contributed by atoms with van der Waals surface area (Å²) in [5, 5.41) is 3.41. The van der Waals surface area contributed by atoms with E-state index in [9.17, 15) is 9.18 Å². The molecule has 0 saturated carbocycles. The van der Waals surface area contributed by atoms with Crippen LogP contribution < -0.4 is 11.1 Å². The quantitative estimate of drug-likeness (QED) is 0.842. The van der Waals surface area contributed by atoms with Gasteiger partial charge in [0.25, 0.3) is 0 Å². The average Bonchev–Trinajstić information content (AvgIpc) is 2.47. The number of nitrogens with zero attached hydrogens (tertiary/aromatic N) is 1. The predicted octanol–water partition coefficient (Wildman–Crippen LogP) is 1.89. The van der Waals surface area contributed by atoms with E-state index in [4.69, 9.17) is 5.73 Å². The van der Waals surface area contributed by atoms with E-state index in [2.05, 4.69) is 17.1 Å². The summed E-state index contributed by atoms with van der Waals surface area (Å²) in [6.07, 6.45) is 3.39. The number of nitrogens with one attached hydrogen (secondary N) is 1. The van der Waals surface area contributed by atoms with Gasteiger partial charge in [-0.2, -0.15) is 0 Å². The average molecular weight is 293 g/mol. The zero-order valence-corrected chi connectivity index (χ0v) is 12.6. The molecule has 3 N–H and O–H groups in total. The van der Waals surface area contributed by atoms with E-state index in [0.717, 1.165) is 32.5 Å². The first kappa shape index (κ1) is 15.9. The summed E-state index contributed by atoms with van der Waals surface area (Å²) in [6, 6.07) is 4.86. The Morgan fingerprint density at radius 1 is 1.43 bits per heavy atom. The van der Waals surface area contributed by atoms with Crippen LogP contribution in [0.4, 0.5) is 4.39 Å². The Morgan fingerprint density at radius 3 is 2.71 bits per heavy atom. The second-order valence-corrected chi connectivity index (χ2v) is 5.67. The highest BCUT2D eigenvalue weighted by molar-refractivity contribution is 5.92. The number of primary amides is 1. The van der Waals surface area contributed by atoms with E-state index in [1.165, 1.54) is 12.5 Å². The lowest BCUT2D eigenvalue weighted by molar-refractivity contribution is 0.1000. The molecule has 0 spiro atoms. The molecule has 1 aromatic rings. The number of hydrogen-bond acceptors (Lipinski definition) is 3. The number of amides is 1. The molecular weight excluding hydrogens is 269 g/mol. The number of halogens is 1. The maximum absolute atomic E-state index is 13.9. The molecular formula is C16H24FN3O. The van der Waals surface area contributed by atoms with E-state index in [1.54, 1.807) is 12.1 Å². The zero-order chi connectivity index (χ0) is 15.2. The van der Waals surface area contributed by atoms with E-state index < -0.39 is 5.91 Å². The minimum atomic E-state index is -0.600. The van der Waals surface area contributed by atoms with Crippen molar-refractivity contribution < 1.29 is 9.18 Å². The number of nitrogens with two attached hydrogens (primary N) is 1. The normalized spacial score (nSPS) is 17.0. The third kappa shape index (κ3) is 4.51. The minimum Gasteiger partial charge on any atom is -0.366 e. The summed E-state index contributed by atoms with van der Waals surface area (Å²) in [7, 11) is 0. The van der Waals surface area contributed by atoms with Gasteiger partial charge in [0.15, 0.2) is 0 Å². The van der Waals surface area contributed by atoms with Crippen molar-refractivity contribution in [2.24, 2.45) is 5.73 Å². The fourth-order valence-electron chi connectivity index (χ4n) is 2.78. The van der Waals surface area contributed by atoms with Crippen LogP contribution in [0, 0.1) is 5.82 Å². The third-order valence-electron chi connectivity index (χ3n) is 4.05. The summed E-state index contributed by atoms with van der Waals surface area (Å²) in [4.78, 5) is 13.5. The van der Waals surface area contributed by atoms with Crippen molar-refractivity contribution in [3.63, 3.8) is 0 Å². The van der Waals surface area contributed by atoms with Crippen LogP contribution in [0.15, 0.2) is 18.2 Å². The van der Waals surface area contributed by atoms with Gasteiger partial charge in [0.1, 0.15) is 5.82 Å². The predicted molar refractivity (Wildman–Crippen MR) is 81.5 cm³/mol. The second kappa shape index (κ2) is 7.52. The Balaban J connectivity index is 1.82. The summed E-state index contributed by atoms with van der Waals surface area (Å²) >= 11 is 0. The molecule has 0 atom stereocenters. The molecule has 5 heteroatoms. The van der Waals surface area contributed by atoms with Crippen molar-refractivity contribution in [3.8, 4) is 0 Å². The van der Waals surface area contributed by atoms with Gasteiger partial charge < -0.3 is 16.0 Å². The molecule has 0 aromatic heterocycles. The number of hydrogen-bond donors (Lipinski definition) is 2. The number of carbonyl (C=O) groups excluding carboxylic acids is 1. The molecule has 1 heterocycles. The van der Waals surface area contributed by atoms with Gasteiger partial charge in [0.05, 0.1) is 0 Å². The molecule has 21 heavy (non-hydrogen) atoms. The van der Waals surface area contributed by atoms with Crippen LogP contribution >= 0.6 is 0 Å². The van der Waals surface area contributed by atoms with Gasteiger partial charge in [-0.3, -0.25) is 4.79 Å². The minimum absolute atomic E-state index is 0.212. The lowest BCUT2D eigenvalue weighted by Crippen LogP contribution is -2.42. The Labute approximate surface area is 125 Å². The van der Waals surface area contributed by atoms with Gasteiger partial charge in [-0.25, -0.2) is 4.39 Å². The second-order valence-electron chi connectivity index (χ2n) is 5.67. The smallest absolute Gasteiger partial charge is 0.248 e. The first-order valence-electron chi connectivity index (χ1n) is 7.64. The van der Waals surface area contributed by atoms with Crippen LogP contribution in [0.2, 0.25) is 0 Å². The van der Waals surface area contributed by atoms with E-state index in [-0.39, 0.29) is 11.4 Å². The first-order chi connectivity index (χ1) is 10.1. The Kier molecular flexibility index (Phi) is 5.70. The Bertz CT molecular complexity index is 484. The number of likely N-dealkylation sites (tertiary alicyclic amines) is 1. The summed E-state index contributed by atoms with van der Waals surface area (Å²) in [6.45, 7) is 6.06. The highest BCUT2D eigenvalue weighted by Crippen LogP contribution is 2.14. The van der Waals surface area contributed by atoms with Gasteiger partial charge >= 0.3 is 0 Å². The van der Waals surface area contributed by atoms with Crippen LogP contribution in [-0.2, 0) is 6.54 Å². The molecule has 1 aliphatic heterocycles. The van der Waals surface area contributed by atoms with E-state index in [0.29, 0.717) is 18.2 Å². The lowest BCUT2D eigenvalue weighted by Gasteiger charge is -2.32. The molecule has 4 nitrogen and oxygen atoms in total. The van der Waals surface area contributed by atoms with Crippen molar-refractivity contribution in [2.75, 3.05) is 19.6 Å². The van der Waals surface area contributed by atoms with Crippen molar-refractivity contribution in [3.05, 3.63) is 35.1 Å². The van der Waals surface area contributed by atoms with Crippen LogP contribution in [0.1, 0.15) is 42.1 Å². The van der Waals surface area contributed by atoms with Crippen LogP contribution in [0.25, 0.3) is 0 Å². The summed E-state index contributed by atoms with van der Waals surface area (Å²) < 4.78 is 13.9. The molecule has 1 saturated heterocycles. The lowest BCUT2D eigenvalue weighted by atomic mass is 10.0. The van der Waals surface area contributed by atoms with Crippen molar-refractivity contribution in [1.29, 1.82) is 0 Å². The molecule has 1 fully saturated rings. The van der Waals surface area contributed by atoms with Gasteiger partial charge in [-0.15, -0.1) is 0 Å². The summed E-state index contributed by atoms with van der Waals surface area (Å²) in [5.41, 5.74) is 5.93. The van der Waals surface area contributed by atoms with E-state index >= 15 is 0 Å². The highest BCUT2D eigenvalue weighted by atomic mass is 19.1. The Hall–Kier alpha value is -1.46. The molecule has 0 unspecified atom stereocenters. The van der Waals surface area contributed by atoms with Crippen molar-refractivity contribution in [1.82, 2.24) is 10.2 Å².